The predicted octanol–water partition coefficient (Wildman–Crippen LogP) is 1.87. The Hall–Kier alpha value is -2.34. The molecule has 146 valence electrons. The zero-order valence-corrected chi connectivity index (χ0v) is 16.1. The van der Waals surface area contributed by atoms with E-state index in [9.17, 15) is 9.59 Å². The van der Waals surface area contributed by atoms with E-state index in [0.717, 1.165) is 37.5 Å². The fourth-order valence-corrected chi connectivity index (χ4v) is 3.66. The summed E-state index contributed by atoms with van der Waals surface area (Å²) in [5.41, 5.74) is 0.867. The van der Waals surface area contributed by atoms with Gasteiger partial charge in [-0.15, -0.1) is 0 Å². The van der Waals surface area contributed by atoms with Gasteiger partial charge in [0, 0.05) is 50.8 Å². The average Bonchev–Trinajstić information content (AvgIpc) is 3.14. The maximum Gasteiger partial charge on any atom is 0.246 e. The van der Waals surface area contributed by atoms with Crippen LogP contribution in [-0.2, 0) is 9.59 Å². The third kappa shape index (κ3) is 5.32. The van der Waals surface area contributed by atoms with E-state index in [0.29, 0.717) is 26.1 Å². The number of ether oxygens (including phenoxy) is 1. The van der Waals surface area contributed by atoms with Gasteiger partial charge < -0.3 is 19.4 Å². The first kappa shape index (κ1) is 19.4. The number of nitrogens with zero attached hydrogens (tertiary/aromatic N) is 3. The van der Waals surface area contributed by atoms with Crippen molar-refractivity contribution in [3.05, 3.63) is 35.9 Å². The van der Waals surface area contributed by atoms with Crippen LogP contribution in [0.3, 0.4) is 0 Å². The molecule has 0 spiro atoms. The van der Waals surface area contributed by atoms with Crippen molar-refractivity contribution in [2.75, 3.05) is 52.9 Å². The van der Waals surface area contributed by atoms with Gasteiger partial charge in [0.2, 0.25) is 11.8 Å². The SMILES string of the molecule is COc1ccccc1/C=C/C(=O)N1CCC(=O)N(CCN2CCCC2)CC1. The highest BCUT2D eigenvalue weighted by Crippen LogP contribution is 2.19. The van der Waals surface area contributed by atoms with Crippen molar-refractivity contribution in [1.82, 2.24) is 14.7 Å². The van der Waals surface area contributed by atoms with E-state index in [4.69, 9.17) is 4.74 Å². The molecule has 6 nitrogen and oxygen atoms in total. The maximum atomic E-state index is 12.6. The Morgan fingerprint density at radius 1 is 1.07 bits per heavy atom. The molecule has 3 rings (SSSR count). The summed E-state index contributed by atoms with van der Waals surface area (Å²) in [6.07, 6.45) is 6.26. The number of carbonyl (C=O) groups is 2. The first-order chi connectivity index (χ1) is 13.2. The van der Waals surface area contributed by atoms with Crippen molar-refractivity contribution in [3.63, 3.8) is 0 Å². The molecule has 2 heterocycles. The van der Waals surface area contributed by atoms with Crippen molar-refractivity contribution in [2.45, 2.75) is 19.3 Å². The second-order valence-corrected chi connectivity index (χ2v) is 7.08. The number of hydrogen-bond donors (Lipinski definition) is 0. The van der Waals surface area contributed by atoms with E-state index in [1.807, 2.05) is 29.2 Å². The molecular formula is C21H29N3O3. The molecular weight excluding hydrogens is 342 g/mol. The van der Waals surface area contributed by atoms with Gasteiger partial charge in [-0.1, -0.05) is 18.2 Å². The van der Waals surface area contributed by atoms with Gasteiger partial charge in [0.05, 0.1) is 7.11 Å². The van der Waals surface area contributed by atoms with Gasteiger partial charge in [-0.25, -0.2) is 0 Å². The molecule has 2 saturated heterocycles. The summed E-state index contributed by atoms with van der Waals surface area (Å²) >= 11 is 0. The molecule has 2 aliphatic rings. The highest BCUT2D eigenvalue weighted by atomic mass is 16.5. The minimum Gasteiger partial charge on any atom is -0.496 e. The highest BCUT2D eigenvalue weighted by Gasteiger charge is 2.23. The number of para-hydroxylation sites is 1. The van der Waals surface area contributed by atoms with Crippen molar-refractivity contribution in [3.8, 4) is 5.75 Å². The molecule has 2 fully saturated rings. The fraction of sp³-hybridized carbons (Fsp3) is 0.524. The van der Waals surface area contributed by atoms with Crippen LogP contribution in [0.5, 0.6) is 5.75 Å². The molecule has 0 N–H and O–H groups in total. The summed E-state index contributed by atoms with van der Waals surface area (Å²) in [4.78, 5) is 31.0. The molecule has 2 amide bonds. The van der Waals surface area contributed by atoms with Crippen molar-refractivity contribution >= 4 is 17.9 Å². The second-order valence-electron chi connectivity index (χ2n) is 7.08. The van der Waals surface area contributed by atoms with Crippen LogP contribution in [0.2, 0.25) is 0 Å². The Morgan fingerprint density at radius 2 is 1.85 bits per heavy atom. The van der Waals surface area contributed by atoms with E-state index in [2.05, 4.69) is 4.90 Å². The number of hydrogen-bond acceptors (Lipinski definition) is 4. The third-order valence-corrected chi connectivity index (χ3v) is 5.33. The Bertz CT molecular complexity index is 683. The van der Waals surface area contributed by atoms with Crippen LogP contribution in [0.1, 0.15) is 24.8 Å². The third-order valence-electron chi connectivity index (χ3n) is 5.33. The molecule has 0 unspecified atom stereocenters. The summed E-state index contributed by atoms with van der Waals surface area (Å²) in [7, 11) is 1.62. The molecule has 0 saturated carbocycles. The fourth-order valence-electron chi connectivity index (χ4n) is 3.66. The minimum absolute atomic E-state index is 0.0601. The second kappa shape index (κ2) is 9.55. The summed E-state index contributed by atoms with van der Waals surface area (Å²) in [6, 6.07) is 7.59. The highest BCUT2D eigenvalue weighted by molar-refractivity contribution is 5.92. The van der Waals surface area contributed by atoms with E-state index in [1.54, 1.807) is 24.2 Å². The van der Waals surface area contributed by atoms with Gasteiger partial charge in [-0.2, -0.15) is 0 Å². The van der Waals surface area contributed by atoms with Crippen LogP contribution in [0, 0.1) is 0 Å². The molecule has 2 aliphatic heterocycles. The molecule has 0 bridgehead atoms. The first-order valence-electron chi connectivity index (χ1n) is 9.77. The lowest BCUT2D eigenvalue weighted by atomic mass is 10.2. The zero-order chi connectivity index (χ0) is 19.1. The van der Waals surface area contributed by atoms with Gasteiger partial charge in [0.15, 0.2) is 0 Å². The molecule has 0 radical (unpaired) electrons. The molecule has 1 aromatic carbocycles. The van der Waals surface area contributed by atoms with E-state index in [-0.39, 0.29) is 11.8 Å². The molecule has 0 aromatic heterocycles. The number of amides is 2. The van der Waals surface area contributed by atoms with Crippen LogP contribution in [0.4, 0.5) is 0 Å². The van der Waals surface area contributed by atoms with Crippen LogP contribution >= 0.6 is 0 Å². The van der Waals surface area contributed by atoms with E-state index >= 15 is 0 Å². The molecule has 6 heteroatoms. The first-order valence-corrected chi connectivity index (χ1v) is 9.77. The van der Waals surface area contributed by atoms with Gasteiger partial charge in [-0.05, 0) is 38.1 Å². The Balaban J connectivity index is 1.53. The minimum atomic E-state index is -0.0601. The molecule has 1 aromatic rings. The smallest absolute Gasteiger partial charge is 0.246 e. The Morgan fingerprint density at radius 3 is 2.63 bits per heavy atom. The lowest BCUT2D eigenvalue weighted by molar-refractivity contribution is -0.130. The Labute approximate surface area is 161 Å². The number of methoxy groups -OCH3 is 1. The van der Waals surface area contributed by atoms with Crippen LogP contribution < -0.4 is 4.74 Å². The summed E-state index contributed by atoms with van der Waals surface area (Å²) < 4.78 is 5.31. The van der Waals surface area contributed by atoms with Gasteiger partial charge in [0.1, 0.15) is 5.75 Å². The van der Waals surface area contributed by atoms with E-state index in [1.165, 1.54) is 12.8 Å². The van der Waals surface area contributed by atoms with Crippen LogP contribution in [-0.4, -0.2) is 79.4 Å². The van der Waals surface area contributed by atoms with Crippen LogP contribution in [0.15, 0.2) is 30.3 Å². The largest absolute Gasteiger partial charge is 0.496 e. The quantitative estimate of drug-likeness (QED) is 0.717. The van der Waals surface area contributed by atoms with Gasteiger partial charge in [-0.3, -0.25) is 9.59 Å². The van der Waals surface area contributed by atoms with Crippen molar-refractivity contribution in [1.29, 1.82) is 0 Å². The van der Waals surface area contributed by atoms with E-state index < -0.39 is 0 Å². The number of rotatable bonds is 6. The Kier molecular flexibility index (Phi) is 6.87. The average molecular weight is 371 g/mol. The normalized spacial score (nSPS) is 18.9. The molecule has 0 atom stereocenters. The zero-order valence-electron chi connectivity index (χ0n) is 16.1. The van der Waals surface area contributed by atoms with Crippen LogP contribution in [0.25, 0.3) is 6.08 Å². The van der Waals surface area contributed by atoms with Gasteiger partial charge >= 0.3 is 0 Å². The number of benzene rings is 1. The monoisotopic (exact) mass is 371 g/mol. The van der Waals surface area contributed by atoms with Crippen molar-refractivity contribution in [2.24, 2.45) is 0 Å². The lowest BCUT2D eigenvalue weighted by Gasteiger charge is -2.24. The summed E-state index contributed by atoms with van der Waals surface area (Å²) in [5.74, 6) is 0.828. The lowest BCUT2D eigenvalue weighted by Crippen LogP contribution is -2.39. The van der Waals surface area contributed by atoms with Gasteiger partial charge in [0.25, 0.3) is 0 Å². The predicted molar refractivity (Wildman–Crippen MR) is 105 cm³/mol. The summed E-state index contributed by atoms with van der Waals surface area (Å²) in [6.45, 7) is 5.65. The summed E-state index contributed by atoms with van der Waals surface area (Å²) in [5, 5.41) is 0. The molecule has 27 heavy (non-hydrogen) atoms. The number of carbonyl (C=O) groups excluding carboxylic acids is 2. The van der Waals surface area contributed by atoms with Crippen molar-refractivity contribution < 1.29 is 14.3 Å². The maximum absolute atomic E-state index is 12.6. The molecule has 0 aliphatic carbocycles. The standard InChI is InChI=1S/C21H29N3O3/c1-27-19-7-3-2-6-18(19)8-9-20(25)23-13-10-21(26)24(17-16-23)15-14-22-11-4-5-12-22/h2-3,6-9H,4-5,10-17H2,1H3/b9-8+. The number of likely N-dealkylation sites (tertiary alicyclic amines) is 1. The topological polar surface area (TPSA) is 53.1 Å².